The highest BCUT2D eigenvalue weighted by Gasteiger charge is 2.38. The molecule has 0 aliphatic carbocycles. The van der Waals surface area contributed by atoms with Gasteiger partial charge in [0.2, 0.25) is 11.9 Å². The summed E-state index contributed by atoms with van der Waals surface area (Å²) < 4.78 is 2.58. The third-order valence-electron chi connectivity index (χ3n) is 7.42. The molecule has 3 N–H and O–H groups in total. The molecule has 10 heteroatoms. The molecule has 5 rings (SSSR count). The first kappa shape index (κ1) is 25.7. The van der Waals surface area contributed by atoms with E-state index in [1.807, 2.05) is 36.2 Å². The number of halogens is 2. The number of benzene rings is 2. The number of aromatic nitrogens is 3. The number of nitrogen functional groups attached to an aromatic ring is 1. The van der Waals surface area contributed by atoms with Crippen molar-refractivity contribution in [3.8, 4) is 0 Å². The molecule has 0 spiro atoms. The highest BCUT2D eigenvalue weighted by molar-refractivity contribution is 7.96. The van der Waals surface area contributed by atoms with Crippen molar-refractivity contribution in [1.82, 2.24) is 24.4 Å². The average molecular weight is 547 g/mol. The predicted molar refractivity (Wildman–Crippen MR) is 151 cm³/mol. The molecule has 2 atom stereocenters. The molecular weight excluding hydrogens is 513 g/mol. The topological polar surface area (TPSA) is 77.3 Å². The van der Waals surface area contributed by atoms with Gasteiger partial charge < -0.3 is 10.6 Å². The Bertz CT molecular complexity index is 1120. The molecule has 2 aliphatic heterocycles. The second-order valence-corrected chi connectivity index (χ2v) is 11.4. The van der Waals surface area contributed by atoms with Crippen LogP contribution in [0.4, 0.5) is 11.9 Å². The van der Waals surface area contributed by atoms with Crippen molar-refractivity contribution < 1.29 is 0 Å². The van der Waals surface area contributed by atoms with Crippen LogP contribution in [0.25, 0.3) is 0 Å². The highest BCUT2D eigenvalue weighted by Crippen LogP contribution is 2.31. The summed E-state index contributed by atoms with van der Waals surface area (Å²) >= 11 is 14.2. The Hall–Kier alpha value is -1.97. The number of hydrogen-bond donors (Lipinski definition) is 2. The molecule has 0 amide bonds. The van der Waals surface area contributed by atoms with Crippen molar-refractivity contribution in [2.75, 3.05) is 43.1 Å². The Morgan fingerprint density at radius 3 is 2.00 bits per heavy atom. The zero-order valence-electron chi connectivity index (χ0n) is 20.5. The third-order valence-corrected chi connectivity index (χ3v) is 8.84. The van der Waals surface area contributed by atoms with Gasteiger partial charge in [-0.3, -0.25) is 9.88 Å². The van der Waals surface area contributed by atoms with Crippen LogP contribution in [0.15, 0.2) is 48.5 Å². The Morgan fingerprint density at radius 1 is 0.889 bits per heavy atom. The van der Waals surface area contributed by atoms with Crippen molar-refractivity contribution in [2.24, 2.45) is 0 Å². The van der Waals surface area contributed by atoms with Crippen molar-refractivity contribution in [3.05, 3.63) is 69.7 Å². The second-order valence-electron chi connectivity index (χ2n) is 9.70. The van der Waals surface area contributed by atoms with Gasteiger partial charge in [0.25, 0.3) is 0 Å². The largest absolute Gasteiger partial charge is 0.368 e. The molecule has 1 aromatic heterocycles. The Kier molecular flexibility index (Phi) is 8.28. The summed E-state index contributed by atoms with van der Waals surface area (Å²) in [5.74, 6) is 1.14. The van der Waals surface area contributed by atoms with Crippen LogP contribution in [0.5, 0.6) is 0 Å². The first-order valence-electron chi connectivity index (χ1n) is 12.5. The van der Waals surface area contributed by atoms with E-state index in [4.69, 9.17) is 28.9 Å². The van der Waals surface area contributed by atoms with Crippen molar-refractivity contribution >= 4 is 47.0 Å². The van der Waals surface area contributed by atoms with Crippen LogP contribution in [0.1, 0.15) is 24.0 Å². The van der Waals surface area contributed by atoms with Crippen LogP contribution in [0.2, 0.25) is 10.0 Å². The number of aromatic amines is 1. The normalized spacial score (nSPS) is 22.2. The molecular formula is C26H33Cl2N7S. The first-order valence-corrected chi connectivity index (χ1v) is 14.4. The Balaban J connectivity index is 1.33. The number of hydrogen-bond acceptors (Lipinski definition) is 7. The molecule has 2 unspecified atom stereocenters. The summed E-state index contributed by atoms with van der Waals surface area (Å²) in [6, 6.07) is 18.1. The van der Waals surface area contributed by atoms with Gasteiger partial charge in [0.05, 0.1) is 0 Å². The van der Waals surface area contributed by atoms with Crippen molar-refractivity contribution in [1.29, 1.82) is 0 Å². The molecule has 0 saturated carbocycles. The van der Waals surface area contributed by atoms with Gasteiger partial charge in [0.1, 0.15) is 0 Å². The monoisotopic (exact) mass is 545 g/mol. The van der Waals surface area contributed by atoms with E-state index in [2.05, 4.69) is 59.8 Å². The van der Waals surface area contributed by atoms with E-state index < -0.39 is 0 Å². The number of anilines is 2. The van der Waals surface area contributed by atoms with Crippen LogP contribution in [0, 0.1) is 0 Å². The lowest BCUT2D eigenvalue weighted by atomic mass is 9.93. The van der Waals surface area contributed by atoms with Gasteiger partial charge in [-0.2, -0.15) is 0 Å². The molecule has 2 saturated heterocycles. The lowest BCUT2D eigenvalue weighted by Crippen LogP contribution is -2.61. The van der Waals surface area contributed by atoms with Crippen LogP contribution >= 0.6 is 35.1 Å². The van der Waals surface area contributed by atoms with Gasteiger partial charge in [-0.15, -0.1) is 10.2 Å². The highest BCUT2D eigenvalue weighted by atomic mass is 35.5. The van der Waals surface area contributed by atoms with Gasteiger partial charge in [0, 0.05) is 54.3 Å². The van der Waals surface area contributed by atoms with Gasteiger partial charge >= 0.3 is 0 Å². The summed E-state index contributed by atoms with van der Waals surface area (Å²) in [7, 11) is 0. The van der Waals surface area contributed by atoms with Gasteiger partial charge in [-0.25, -0.2) is 4.31 Å². The van der Waals surface area contributed by atoms with Crippen molar-refractivity contribution in [3.63, 3.8) is 0 Å². The number of nitrogens with two attached hydrogens (primary N) is 1. The van der Waals surface area contributed by atoms with Gasteiger partial charge in [0.15, 0.2) is 0 Å². The lowest BCUT2D eigenvalue weighted by molar-refractivity contribution is 0.0352. The van der Waals surface area contributed by atoms with Crippen LogP contribution in [0.3, 0.4) is 0 Å². The van der Waals surface area contributed by atoms with E-state index in [1.54, 1.807) is 0 Å². The quantitative estimate of drug-likeness (QED) is 0.413. The molecule has 7 nitrogen and oxygen atoms in total. The van der Waals surface area contributed by atoms with Gasteiger partial charge in [-0.05, 0) is 67.3 Å². The minimum atomic E-state index is 0.369. The molecule has 3 aromatic rings. The average Bonchev–Trinajstić information content (AvgIpc) is 3.33. The van der Waals surface area contributed by atoms with E-state index in [9.17, 15) is 0 Å². The number of nitrogens with zero attached hydrogens (tertiary/aromatic N) is 5. The molecule has 0 bridgehead atoms. The van der Waals surface area contributed by atoms with Crippen LogP contribution in [-0.2, 0) is 12.8 Å². The molecule has 0 radical (unpaired) electrons. The number of piperidine rings is 1. The van der Waals surface area contributed by atoms with E-state index in [1.165, 1.54) is 11.1 Å². The molecule has 2 aromatic carbocycles. The third kappa shape index (κ3) is 6.11. The second kappa shape index (κ2) is 11.6. The smallest absolute Gasteiger partial charge is 0.226 e. The van der Waals surface area contributed by atoms with Crippen LogP contribution in [-0.4, -0.2) is 74.9 Å². The molecule has 3 heterocycles. The summed E-state index contributed by atoms with van der Waals surface area (Å²) in [6.07, 6.45) is 6.40. The fourth-order valence-corrected chi connectivity index (χ4v) is 6.58. The van der Waals surface area contributed by atoms with E-state index in [0.717, 1.165) is 67.9 Å². The van der Waals surface area contributed by atoms with E-state index in [0.29, 0.717) is 24.1 Å². The maximum absolute atomic E-state index is 6.17. The predicted octanol–water partition coefficient (Wildman–Crippen LogP) is 4.78. The Morgan fingerprint density at radius 2 is 1.47 bits per heavy atom. The summed E-state index contributed by atoms with van der Waals surface area (Å²) in [5, 5.41) is 9.70. The molecule has 2 aliphatic rings. The minimum Gasteiger partial charge on any atom is -0.368 e. The first-order chi connectivity index (χ1) is 17.5. The minimum absolute atomic E-state index is 0.369. The maximum atomic E-state index is 6.17. The maximum Gasteiger partial charge on any atom is 0.226 e. The summed E-state index contributed by atoms with van der Waals surface area (Å²) in [4.78, 5) is 8.12. The number of rotatable bonds is 7. The fourth-order valence-electron chi connectivity index (χ4n) is 5.57. The van der Waals surface area contributed by atoms with E-state index >= 15 is 0 Å². The molecule has 192 valence electrons. The number of nitrogens with one attached hydrogen (secondary N) is 1. The standard InChI is InChI=1S/C26H33Cl2N7S/c1-36-35-17-23(14-18-2-6-20(27)7-3-18)34(16-24(35)15-19-4-8-21(28)9-5-19)22-10-12-33(13-11-22)26-30-25(29)31-32-26/h2-9,22-24H,10-17H2,1H3,(H3,29,30,31,32). The van der Waals surface area contributed by atoms with E-state index in [-0.39, 0.29) is 0 Å². The fraction of sp³-hybridized carbons (Fsp3) is 0.462. The van der Waals surface area contributed by atoms with Crippen molar-refractivity contribution in [2.45, 2.75) is 43.8 Å². The molecule has 2 fully saturated rings. The zero-order valence-corrected chi connectivity index (χ0v) is 22.8. The summed E-state index contributed by atoms with van der Waals surface area (Å²) in [5.41, 5.74) is 8.42. The summed E-state index contributed by atoms with van der Waals surface area (Å²) in [6.45, 7) is 3.96. The van der Waals surface area contributed by atoms with Crippen LogP contribution < -0.4 is 10.6 Å². The SMILES string of the molecule is CSN1CC(Cc2ccc(Cl)cc2)N(C2CCN(c3nnc(N)[nH]3)CC2)CC1Cc1ccc(Cl)cc1. The van der Waals surface area contributed by atoms with Gasteiger partial charge in [-0.1, -0.05) is 59.4 Å². The molecule has 36 heavy (non-hydrogen) atoms. The zero-order chi connectivity index (χ0) is 25.1. The lowest BCUT2D eigenvalue weighted by Gasteiger charge is -2.50. The Labute approximate surface area is 227 Å². The number of piperazine rings is 1. The number of H-pyrrole nitrogens is 1.